The Hall–Kier alpha value is -1.61. The highest BCUT2D eigenvalue weighted by Crippen LogP contribution is 2.42. The molecule has 2 bridgehead atoms. The van der Waals surface area contributed by atoms with Crippen LogP contribution in [0.25, 0.3) is 0 Å². The van der Waals surface area contributed by atoms with Crippen LogP contribution in [0, 0.1) is 17.8 Å². The Bertz CT molecular complexity index is 560. The first-order chi connectivity index (χ1) is 10.8. The minimum atomic E-state index is 0.197. The van der Waals surface area contributed by atoms with Crippen LogP contribution in [0.5, 0.6) is 0 Å². The van der Waals surface area contributed by atoms with Crippen LogP contribution < -0.4 is 4.90 Å². The predicted octanol–water partition coefficient (Wildman–Crippen LogP) is 1.24. The van der Waals surface area contributed by atoms with Gasteiger partial charge >= 0.3 is 0 Å². The van der Waals surface area contributed by atoms with Gasteiger partial charge in [0.1, 0.15) is 0 Å². The number of piperazine rings is 1. The van der Waals surface area contributed by atoms with Gasteiger partial charge < -0.3 is 9.80 Å². The number of allylic oxidation sites excluding steroid dienone is 2. The molecule has 3 heteroatoms. The standard InChI is InChI=1S/C19H24N2O/c22-19(16-4-2-1-3-5-16)21-10-8-20(9-11-21)14-18-13-15-6-7-17(18)12-15/h1-7,15,17-18H,8-14H2/p+1/t15-,17-,18+/m0/s1. The Kier molecular flexibility index (Phi) is 3.75. The van der Waals surface area contributed by atoms with E-state index < -0.39 is 0 Å². The number of amides is 1. The molecule has 2 aliphatic carbocycles. The first-order valence-electron chi connectivity index (χ1n) is 8.66. The van der Waals surface area contributed by atoms with Crippen molar-refractivity contribution in [2.75, 3.05) is 32.7 Å². The third-order valence-electron chi connectivity index (χ3n) is 5.75. The molecule has 1 N–H and O–H groups in total. The number of nitrogens with one attached hydrogen (secondary N) is 1. The maximum absolute atomic E-state index is 12.5. The lowest BCUT2D eigenvalue weighted by atomic mass is 9.93. The van der Waals surface area contributed by atoms with Gasteiger partial charge in [-0.25, -0.2) is 0 Å². The molecule has 1 heterocycles. The van der Waals surface area contributed by atoms with E-state index in [1.165, 1.54) is 19.4 Å². The van der Waals surface area contributed by atoms with E-state index in [0.29, 0.717) is 0 Å². The molecule has 1 aliphatic heterocycles. The van der Waals surface area contributed by atoms with Gasteiger partial charge in [-0.1, -0.05) is 30.4 Å². The molecular formula is C19H25N2O+. The third kappa shape index (κ3) is 2.70. The number of quaternary nitrogens is 1. The number of benzene rings is 1. The van der Waals surface area contributed by atoms with Gasteiger partial charge in [-0.05, 0) is 36.8 Å². The smallest absolute Gasteiger partial charge is 0.254 e. The fourth-order valence-electron chi connectivity index (χ4n) is 4.49. The largest absolute Gasteiger partial charge is 0.332 e. The van der Waals surface area contributed by atoms with E-state index in [2.05, 4.69) is 12.2 Å². The summed E-state index contributed by atoms with van der Waals surface area (Å²) in [4.78, 5) is 16.2. The van der Waals surface area contributed by atoms with E-state index in [1.807, 2.05) is 35.2 Å². The number of rotatable bonds is 3. The molecule has 2 fully saturated rings. The van der Waals surface area contributed by atoms with Crippen molar-refractivity contribution in [2.24, 2.45) is 17.8 Å². The number of carbonyl (C=O) groups excluding carboxylic acids is 1. The van der Waals surface area contributed by atoms with Crippen molar-refractivity contribution in [3.8, 4) is 0 Å². The first-order valence-corrected chi connectivity index (χ1v) is 8.66. The highest BCUT2D eigenvalue weighted by molar-refractivity contribution is 5.94. The maximum atomic E-state index is 12.5. The van der Waals surface area contributed by atoms with E-state index in [0.717, 1.165) is 49.5 Å². The zero-order chi connectivity index (χ0) is 14.9. The maximum Gasteiger partial charge on any atom is 0.254 e. The van der Waals surface area contributed by atoms with Gasteiger partial charge in [-0.15, -0.1) is 0 Å². The molecule has 116 valence electrons. The molecule has 0 aromatic heterocycles. The number of nitrogens with zero attached hydrogens (tertiary/aromatic N) is 1. The van der Waals surface area contributed by atoms with Crippen LogP contribution >= 0.6 is 0 Å². The van der Waals surface area contributed by atoms with Crippen molar-refractivity contribution in [3.63, 3.8) is 0 Å². The second kappa shape index (κ2) is 5.88. The Labute approximate surface area is 132 Å². The van der Waals surface area contributed by atoms with Crippen molar-refractivity contribution >= 4 is 5.91 Å². The summed E-state index contributed by atoms with van der Waals surface area (Å²) in [6.45, 7) is 5.32. The summed E-state index contributed by atoms with van der Waals surface area (Å²) < 4.78 is 0. The lowest BCUT2D eigenvalue weighted by Crippen LogP contribution is -3.15. The predicted molar refractivity (Wildman–Crippen MR) is 86.8 cm³/mol. The second-order valence-corrected chi connectivity index (χ2v) is 7.15. The van der Waals surface area contributed by atoms with Crippen molar-refractivity contribution < 1.29 is 9.69 Å². The van der Waals surface area contributed by atoms with Gasteiger partial charge in [0.15, 0.2) is 0 Å². The summed E-state index contributed by atoms with van der Waals surface area (Å²) in [6, 6.07) is 9.68. The molecule has 3 atom stereocenters. The Morgan fingerprint density at radius 3 is 2.50 bits per heavy atom. The molecule has 1 saturated carbocycles. The van der Waals surface area contributed by atoms with Gasteiger partial charge in [0.2, 0.25) is 0 Å². The van der Waals surface area contributed by atoms with Crippen LogP contribution in [-0.2, 0) is 0 Å². The molecule has 4 rings (SSSR count). The molecule has 3 aliphatic rings. The number of fused-ring (bicyclic) bond motifs is 2. The van der Waals surface area contributed by atoms with E-state index in [4.69, 9.17) is 0 Å². The molecule has 0 spiro atoms. The molecule has 1 aromatic carbocycles. The first kappa shape index (κ1) is 14.0. The Morgan fingerprint density at radius 2 is 1.86 bits per heavy atom. The average Bonchev–Trinajstić information content (AvgIpc) is 3.19. The normalized spacial score (nSPS) is 30.9. The van der Waals surface area contributed by atoms with Crippen LogP contribution in [0.1, 0.15) is 23.2 Å². The molecule has 0 radical (unpaired) electrons. The van der Waals surface area contributed by atoms with Gasteiger partial charge in [-0.2, -0.15) is 0 Å². The molecule has 1 amide bonds. The molecule has 0 unspecified atom stereocenters. The van der Waals surface area contributed by atoms with Crippen LogP contribution in [0.2, 0.25) is 0 Å². The summed E-state index contributed by atoms with van der Waals surface area (Å²) in [5.74, 6) is 2.81. The summed E-state index contributed by atoms with van der Waals surface area (Å²) in [5.41, 5.74) is 0.823. The lowest BCUT2D eigenvalue weighted by molar-refractivity contribution is -0.907. The lowest BCUT2D eigenvalue weighted by Gasteiger charge is -2.34. The number of hydrogen-bond donors (Lipinski definition) is 1. The van der Waals surface area contributed by atoms with Crippen LogP contribution in [-0.4, -0.2) is 43.5 Å². The van der Waals surface area contributed by atoms with Crippen molar-refractivity contribution in [3.05, 3.63) is 48.0 Å². The van der Waals surface area contributed by atoms with E-state index in [1.54, 1.807) is 4.90 Å². The monoisotopic (exact) mass is 297 g/mol. The van der Waals surface area contributed by atoms with Crippen LogP contribution in [0.3, 0.4) is 0 Å². The zero-order valence-electron chi connectivity index (χ0n) is 13.1. The highest BCUT2D eigenvalue weighted by Gasteiger charge is 2.38. The van der Waals surface area contributed by atoms with E-state index in [9.17, 15) is 4.79 Å². The summed E-state index contributed by atoms with van der Waals surface area (Å²) >= 11 is 0. The molecule has 3 nitrogen and oxygen atoms in total. The second-order valence-electron chi connectivity index (χ2n) is 7.15. The zero-order valence-corrected chi connectivity index (χ0v) is 13.1. The Morgan fingerprint density at radius 1 is 1.09 bits per heavy atom. The van der Waals surface area contributed by atoms with Gasteiger partial charge in [0, 0.05) is 11.5 Å². The summed E-state index contributed by atoms with van der Waals surface area (Å²) in [5, 5.41) is 0. The molecule has 1 saturated heterocycles. The van der Waals surface area contributed by atoms with Gasteiger partial charge in [-0.3, -0.25) is 4.79 Å². The summed E-state index contributed by atoms with van der Waals surface area (Å²) in [7, 11) is 0. The summed E-state index contributed by atoms with van der Waals surface area (Å²) in [6.07, 6.45) is 7.67. The molecular weight excluding hydrogens is 272 g/mol. The highest BCUT2D eigenvalue weighted by atomic mass is 16.2. The van der Waals surface area contributed by atoms with E-state index in [-0.39, 0.29) is 5.91 Å². The molecule has 22 heavy (non-hydrogen) atoms. The van der Waals surface area contributed by atoms with Crippen molar-refractivity contribution in [1.82, 2.24) is 4.90 Å². The van der Waals surface area contributed by atoms with Gasteiger partial charge in [0.25, 0.3) is 5.91 Å². The average molecular weight is 297 g/mol. The third-order valence-corrected chi connectivity index (χ3v) is 5.75. The van der Waals surface area contributed by atoms with Crippen molar-refractivity contribution in [2.45, 2.75) is 12.8 Å². The fraction of sp³-hybridized carbons (Fsp3) is 0.526. The Balaban J connectivity index is 1.29. The number of hydrogen-bond acceptors (Lipinski definition) is 1. The topological polar surface area (TPSA) is 24.8 Å². The minimum Gasteiger partial charge on any atom is -0.332 e. The quantitative estimate of drug-likeness (QED) is 0.834. The SMILES string of the molecule is O=C(c1ccccc1)N1CC[NH+](C[C@H]2C[C@H]3C=C[C@H]2C3)CC1. The van der Waals surface area contributed by atoms with Gasteiger partial charge in [0.05, 0.1) is 32.7 Å². The number of carbonyl (C=O) groups is 1. The molecule has 1 aromatic rings. The van der Waals surface area contributed by atoms with Crippen LogP contribution in [0.15, 0.2) is 42.5 Å². The van der Waals surface area contributed by atoms with Crippen LogP contribution in [0.4, 0.5) is 0 Å². The van der Waals surface area contributed by atoms with Crippen molar-refractivity contribution in [1.29, 1.82) is 0 Å². The minimum absolute atomic E-state index is 0.197. The fourth-order valence-corrected chi connectivity index (χ4v) is 4.49. The van der Waals surface area contributed by atoms with E-state index >= 15 is 0 Å².